The van der Waals surface area contributed by atoms with Gasteiger partial charge in [-0.1, -0.05) is 12.1 Å². The van der Waals surface area contributed by atoms with Gasteiger partial charge in [0.25, 0.3) is 5.91 Å². The number of hydrogen-bond donors (Lipinski definition) is 0. The van der Waals surface area contributed by atoms with Crippen molar-refractivity contribution in [3.05, 3.63) is 51.7 Å². The quantitative estimate of drug-likeness (QED) is 0.868. The number of thiophene rings is 1. The third-order valence-corrected chi connectivity index (χ3v) is 5.27. The summed E-state index contributed by atoms with van der Waals surface area (Å²) in [6.45, 7) is 5.24. The maximum atomic E-state index is 12.4. The van der Waals surface area contributed by atoms with Crippen molar-refractivity contribution in [2.75, 3.05) is 32.8 Å². The highest BCUT2D eigenvalue weighted by Crippen LogP contribution is 2.26. The van der Waals surface area contributed by atoms with Crippen LogP contribution in [0.2, 0.25) is 0 Å². The van der Waals surface area contributed by atoms with Gasteiger partial charge in [-0.15, -0.1) is 0 Å². The molecule has 1 amide bonds. The average molecular weight is 328 g/mol. The van der Waals surface area contributed by atoms with E-state index in [1.165, 1.54) is 11.1 Å². The zero-order chi connectivity index (χ0) is 15.6. The van der Waals surface area contributed by atoms with Crippen LogP contribution in [0.5, 0.6) is 5.75 Å². The normalized spacial score (nSPS) is 17.8. The first-order valence-electron chi connectivity index (χ1n) is 8.08. The minimum absolute atomic E-state index is 0.167. The molecule has 3 heterocycles. The van der Waals surface area contributed by atoms with Crippen LogP contribution in [0.15, 0.2) is 35.0 Å². The van der Waals surface area contributed by atoms with E-state index in [1.54, 1.807) is 11.3 Å². The first kappa shape index (κ1) is 14.7. The summed E-state index contributed by atoms with van der Waals surface area (Å²) in [6, 6.07) is 8.43. The molecule has 0 spiro atoms. The minimum Gasteiger partial charge on any atom is -0.493 e. The van der Waals surface area contributed by atoms with Crippen molar-refractivity contribution in [1.29, 1.82) is 0 Å². The smallest absolute Gasteiger partial charge is 0.254 e. The van der Waals surface area contributed by atoms with Crippen molar-refractivity contribution in [2.24, 2.45) is 0 Å². The summed E-state index contributed by atoms with van der Waals surface area (Å²) in [5.41, 5.74) is 3.49. The van der Waals surface area contributed by atoms with Crippen LogP contribution in [0, 0.1) is 0 Å². The van der Waals surface area contributed by atoms with E-state index < -0.39 is 0 Å². The first-order valence-corrected chi connectivity index (χ1v) is 9.02. The highest BCUT2D eigenvalue weighted by molar-refractivity contribution is 7.08. The summed E-state index contributed by atoms with van der Waals surface area (Å²) in [4.78, 5) is 16.7. The van der Waals surface area contributed by atoms with E-state index in [-0.39, 0.29) is 5.91 Å². The van der Waals surface area contributed by atoms with Crippen molar-refractivity contribution >= 4 is 17.2 Å². The van der Waals surface area contributed by atoms with Gasteiger partial charge in [0.2, 0.25) is 0 Å². The molecule has 0 radical (unpaired) electrons. The van der Waals surface area contributed by atoms with Crippen LogP contribution in [-0.4, -0.2) is 48.5 Å². The van der Waals surface area contributed by atoms with Gasteiger partial charge in [0, 0.05) is 44.5 Å². The van der Waals surface area contributed by atoms with Crippen LogP contribution >= 0.6 is 11.3 Å². The molecule has 120 valence electrons. The van der Waals surface area contributed by atoms with E-state index in [0.717, 1.165) is 57.1 Å². The molecule has 4 rings (SSSR count). The van der Waals surface area contributed by atoms with Crippen LogP contribution in [0.4, 0.5) is 0 Å². The molecular formula is C18H20N2O2S. The molecule has 1 fully saturated rings. The Hall–Kier alpha value is -1.85. The van der Waals surface area contributed by atoms with E-state index in [4.69, 9.17) is 4.74 Å². The molecule has 5 heteroatoms. The van der Waals surface area contributed by atoms with Crippen LogP contribution in [-0.2, 0) is 13.0 Å². The van der Waals surface area contributed by atoms with Gasteiger partial charge < -0.3 is 9.64 Å². The monoisotopic (exact) mass is 328 g/mol. The number of hydrogen-bond acceptors (Lipinski definition) is 4. The Bertz CT molecular complexity index is 691. The highest BCUT2D eigenvalue weighted by Gasteiger charge is 2.22. The van der Waals surface area contributed by atoms with E-state index in [0.29, 0.717) is 0 Å². The van der Waals surface area contributed by atoms with E-state index in [1.807, 2.05) is 21.7 Å². The number of amides is 1. The molecule has 2 aliphatic rings. The number of benzene rings is 1. The maximum Gasteiger partial charge on any atom is 0.254 e. The van der Waals surface area contributed by atoms with E-state index in [9.17, 15) is 4.79 Å². The van der Waals surface area contributed by atoms with Crippen LogP contribution < -0.4 is 4.74 Å². The molecule has 1 aromatic carbocycles. The average Bonchev–Trinajstić information content (AvgIpc) is 3.26. The summed E-state index contributed by atoms with van der Waals surface area (Å²) in [6.07, 6.45) is 1.02. The fourth-order valence-corrected chi connectivity index (χ4v) is 3.90. The fourth-order valence-electron chi connectivity index (χ4n) is 3.27. The fraction of sp³-hybridized carbons (Fsp3) is 0.389. The number of carbonyl (C=O) groups excluding carboxylic acids is 1. The zero-order valence-corrected chi connectivity index (χ0v) is 13.8. The molecule has 0 bridgehead atoms. The second-order valence-electron chi connectivity index (χ2n) is 6.12. The SMILES string of the molecule is O=C(c1ccsc1)N1CCN(Cc2ccc3c(c2)CCO3)CC1. The second kappa shape index (κ2) is 6.34. The third-order valence-electron chi connectivity index (χ3n) is 4.59. The van der Waals surface area contributed by atoms with Crippen LogP contribution in [0.25, 0.3) is 0 Å². The van der Waals surface area contributed by atoms with Crippen LogP contribution in [0.3, 0.4) is 0 Å². The van der Waals surface area contributed by atoms with Gasteiger partial charge in [-0.2, -0.15) is 11.3 Å². The lowest BCUT2D eigenvalue weighted by Gasteiger charge is -2.34. The Morgan fingerprint density at radius 1 is 1.17 bits per heavy atom. The van der Waals surface area contributed by atoms with Gasteiger partial charge in [0.05, 0.1) is 12.2 Å². The maximum absolute atomic E-state index is 12.4. The van der Waals surface area contributed by atoms with Gasteiger partial charge in [-0.3, -0.25) is 9.69 Å². The van der Waals surface area contributed by atoms with Crippen molar-refractivity contribution in [3.63, 3.8) is 0 Å². The molecule has 0 aliphatic carbocycles. The zero-order valence-electron chi connectivity index (χ0n) is 13.0. The molecular weight excluding hydrogens is 308 g/mol. The molecule has 0 saturated carbocycles. The number of nitrogens with zero attached hydrogens (tertiary/aromatic N) is 2. The lowest BCUT2D eigenvalue weighted by molar-refractivity contribution is 0.0629. The van der Waals surface area contributed by atoms with Gasteiger partial charge in [-0.25, -0.2) is 0 Å². The Balaban J connectivity index is 1.34. The summed E-state index contributed by atoms with van der Waals surface area (Å²) < 4.78 is 5.56. The number of carbonyl (C=O) groups is 1. The van der Waals surface area contributed by atoms with Gasteiger partial charge in [0.15, 0.2) is 0 Å². The summed E-state index contributed by atoms with van der Waals surface area (Å²) in [7, 11) is 0. The summed E-state index contributed by atoms with van der Waals surface area (Å²) in [5.74, 6) is 1.21. The summed E-state index contributed by atoms with van der Waals surface area (Å²) in [5, 5.41) is 3.89. The molecule has 2 aliphatic heterocycles. The van der Waals surface area contributed by atoms with Crippen LogP contribution in [0.1, 0.15) is 21.5 Å². The molecule has 1 aromatic heterocycles. The van der Waals surface area contributed by atoms with Crippen molar-refractivity contribution in [1.82, 2.24) is 9.80 Å². The van der Waals surface area contributed by atoms with E-state index >= 15 is 0 Å². The Labute approximate surface area is 140 Å². The molecule has 2 aromatic rings. The standard InChI is InChI=1S/C18H20N2O2S/c21-18(16-4-10-23-13-16)20-7-5-19(6-8-20)12-14-1-2-17-15(11-14)3-9-22-17/h1-2,4,10-11,13H,3,5-9,12H2. The predicted octanol–water partition coefficient (Wildman–Crippen LogP) is 2.64. The molecule has 1 saturated heterocycles. The lowest BCUT2D eigenvalue weighted by atomic mass is 10.1. The molecule has 23 heavy (non-hydrogen) atoms. The Kier molecular flexibility index (Phi) is 4.06. The second-order valence-corrected chi connectivity index (χ2v) is 6.90. The van der Waals surface area contributed by atoms with Gasteiger partial charge in [0.1, 0.15) is 5.75 Å². The predicted molar refractivity (Wildman–Crippen MR) is 91.1 cm³/mol. The number of ether oxygens (including phenoxy) is 1. The third kappa shape index (κ3) is 3.12. The van der Waals surface area contributed by atoms with Crippen molar-refractivity contribution in [2.45, 2.75) is 13.0 Å². The highest BCUT2D eigenvalue weighted by atomic mass is 32.1. The van der Waals surface area contributed by atoms with Crippen molar-refractivity contribution < 1.29 is 9.53 Å². The minimum atomic E-state index is 0.167. The summed E-state index contributed by atoms with van der Waals surface area (Å²) >= 11 is 1.58. The Morgan fingerprint density at radius 3 is 2.83 bits per heavy atom. The molecule has 4 nitrogen and oxygen atoms in total. The molecule has 0 N–H and O–H groups in total. The molecule has 0 atom stereocenters. The topological polar surface area (TPSA) is 32.8 Å². The van der Waals surface area contributed by atoms with E-state index in [2.05, 4.69) is 23.1 Å². The Morgan fingerprint density at radius 2 is 2.04 bits per heavy atom. The van der Waals surface area contributed by atoms with Gasteiger partial charge >= 0.3 is 0 Å². The van der Waals surface area contributed by atoms with Crippen molar-refractivity contribution in [3.8, 4) is 5.75 Å². The number of rotatable bonds is 3. The first-order chi connectivity index (χ1) is 11.3. The number of piperazine rings is 1. The largest absolute Gasteiger partial charge is 0.493 e. The number of fused-ring (bicyclic) bond motifs is 1. The molecule has 0 unspecified atom stereocenters. The van der Waals surface area contributed by atoms with Gasteiger partial charge in [-0.05, 0) is 28.6 Å². The lowest BCUT2D eigenvalue weighted by Crippen LogP contribution is -2.48.